The van der Waals surface area contributed by atoms with E-state index in [0.29, 0.717) is 0 Å². The van der Waals surface area contributed by atoms with Gasteiger partial charge in [-0.25, -0.2) is 18.4 Å². The van der Waals surface area contributed by atoms with Crippen LogP contribution in [0.4, 0.5) is 26.3 Å². The van der Waals surface area contributed by atoms with Crippen LogP contribution in [0.2, 0.25) is 0 Å². The smallest absolute Gasteiger partial charge is 0.445 e. The molecular formula is C6H2F6O4. The molecule has 0 aromatic heterocycles. The number of rotatable bonds is 3. The Labute approximate surface area is 82.8 Å². The molecule has 4 nitrogen and oxygen atoms in total. The number of aliphatic carboxylic acids is 2. The van der Waals surface area contributed by atoms with Gasteiger partial charge in [0, 0.05) is 0 Å². The van der Waals surface area contributed by atoms with E-state index in [4.69, 9.17) is 10.2 Å². The van der Waals surface area contributed by atoms with E-state index in [1.165, 1.54) is 0 Å². The van der Waals surface area contributed by atoms with Gasteiger partial charge in [-0.3, -0.25) is 0 Å². The molecule has 16 heavy (non-hydrogen) atoms. The van der Waals surface area contributed by atoms with Gasteiger partial charge < -0.3 is 10.2 Å². The number of carbonyl (C=O) groups is 2. The van der Waals surface area contributed by atoms with Gasteiger partial charge in [-0.15, -0.1) is 0 Å². The average molecular weight is 252 g/mol. The van der Waals surface area contributed by atoms with Crippen molar-refractivity contribution >= 4 is 11.9 Å². The minimum absolute atomic E-state index is 3.11. The topological polar surface area (TPSA) is 74.6 Å². The fraction of sp³-hybridized carbons (Fsp3) is 0.333. The van der Waals surface area contributed by atoms with Gasteiger partial charge in [0.2, 0.25) is 11.7 Å². The van der Waals surface area contributed by atoms with Gasteiger partial charge in [0.15, 0.2) is 0 Å². The second-order valence-corrected chi connectivity index (χ2v) is 2.39. The van der Waals surface area contributed by atoms with Gasteiger partial charge in [0.25, 0.3) is 0 Å². The van der Waals surface area contributed by atoms with E-state index >= 15 is 0 Å². The molecule has 10 heteroatoms. The predicted molar refractivity (Wildman–Crippen MR) is 34.4 cm³/mol. The Kier molecular flexibility index (Phi) is 3.58. The van der Waals surface area contributed by atoms with Crippen LogP contribution in [0.25, 0.3) is 0 Å². The van der Waals surface area contributed by atoms with E-state index < -0.39 is 35.4 Å². The number of hydrogen-bond donors (Lipinski definition) is 2. The number of hydrogen-bond acceptors (Lipinski definition) is 2. The molecule has 92 valence electrons. The summed E-state index contributed by atoms with van der Waals surface area (Å²) in [6.07, 6.45) is -6.02. The molecule has 0 unspecified atom stereocenters. The van der Waals surface area contributed by atoms with Crippen LogP contribution in [0, 0.1) is 0 Å². The van der Waals surface area contributed by atoms with Crippen molar-refractivity contribution in [1.29, 1.82) is 0 Å². The van der Waals surface area contributed by atoms with Gasteiger partial charge >= 0.3 is 23.8 Å². The normalized spacial score (nSPS) is 14.4. The monoisotopic (exact) mass is 252 g/mol. The Morgan fingerprint density at radius 2 is 1.12 bits per heavy atom. The maximum atomic E-state index is 12.8. The first-order valence-electron chi connectivity index (χ1n) is 3.24. The highest BCUT2D eigenvalue weighted by Crippen LogP contribution is 2.36. The Morgan fingerprint density at radius 1 is 0.812 bits per heavy atom. The Morgan fingerprint density at radius 3 is 1.31 bits per heavy atom. The zero-order chi connectivity index (χ0) is 13.3. The maximum absolute atomic E-state index is 12.8. The SMILES string of the molecule is O=C(O)C(F)(C(=O)O)C(F)=C(F)C(F)(F)F. The van der Waals surface area contributed by atoms with Crippen LogP contribution < -0.4 is 0 Å². The zero-order valence-electron chi connectivity index (χ0n) is 6.98. The van der Waals surface area contributed by atoms with Crippen LogP contribution in [0.15, 0.2) is 11.7 Å². The summed E-state index contributed by atoms with van der Waals surface area (Å²) >= 11 is 0. The van der Waals surface area contributed by atoms with Crippen LogP contribution >= 0.6 is 0 Å². The van der Waals surface area contributed by atoms with Crippen LogP contribution in [-0.2, 0) is 9.59 Å². The highest BCUT2D eigenvalue weighted by Gasteiger charge is 2.57. The fourth-order valence-electron chi connectivity index (χ4n) is 0.555. The highest BCUT2D eigenvalue weighted by molar-refractivity contribution is 6.05. The van der Waals surface area contributed by atoms with E-state index in [0.717, 1.165) is 0 Å². The van der Waals surface area contributed by atoms with Crippen LogP contribution in [0.1, 0.15) is 0 Å². The van der Waals surface area contributed by atoms with Gasteiger partial charge in [-0.2, -0.15) is 17.6 Å². The summed E-state index contributed by atoms with van der Waals surface area (Å²) in [6.45, 7) is 0. The lowest BCUT2D eigenvalue weighted by molar-refractivity contribution is -0.165. The lowest BCUT2D eigenvalue weighted by Gasteiger charge is -2.14. The average Bonchev–Trinajstić information content (AvgIpc) is 2.11. The lowest BCUT2D eigenvalue weighted by Crippen LogP contribution is -2.44. The molecule has 0 rings (SSSR count). The van der Waals surface area contributed by atoms with Crippen molar-refractivity contribution < 1.29 is 46.1 Å². The summed E-state index contributed by atoms with van der Waals surface area (Å²) in [5, 5.41) is 15.8. The molecule has 0 aliphatic heterocycles. The molecule has 0 radical (unpaired) electrons. The van der Waals surface area contributed by atoms with Crippen LogP contribution in [-0.4, -0.2) is 34.0 Å². The standard InChI is InChI=1S/C6H2F6O4/c7-1(2(8)6(10,11)12)5(9,3(13)14)4(15)16/h(H,13,14)(H,15,16). The Hall–Kier alpha value is -1.74. The van der Waals surface area contributed by atoms with Crippen molar-refractivity contribution in [3.05, 3.63) is 11.7 Å². The quantitative estimate of drug-likeness (QED) is 0.590. The summed E-state index contributed by atoms with van der Waals surface area (Å²) in [7, 11) is 0. The molecule has 0 saturated carbocycles. The molecule has 0 atom stereocenters. The summed E-state index contributed by atoms with van der Waals surface area (Å²) in [4.78, 5) is 19.9. The number of carboxylic acid groups (broad SMARTS) is 2. The maximum Gasteiger partial charge on any atom is 0.445 e. The molecule has 0 bridgehead atoms. The first-order valence-corrected chi connectivity index (χ1v) is 3.24. The predicted octanol–water partition coefficient (Wildman–Crippen LogP) is 1.58. The molecule has 0 spiro atoms. The first kappa shape index (κ1) is 14.3. The van der Waals surface area contributed by atoms with Crippen molar-refractivity contribution in [3.8, 4) is 0 Å². The van der Waals surface area contributed by atoms with E-state index in [2.05, 4.69) is 0 Å². The van der Waals surface area contributed by atoms with E-state index in [9.17, 15) is 35.9 Å². The third-order valence-electron chi connectivity index (χ3n) is 1.33. The molecule has 0 fully saturated rings. The van der Waals surface area contributed by atoms with Gasteiger partial charge in [0.1, 0.15) is 0 Å². The molecule has 0 aliphatic carbocycles. The van der Waals surface area contributed by atoms with Crippen LogP contribution in [0.5, 0.6) is 0 Å². The lowest BCUT2D eigenvalue weighted by atomic mass is 10.0. The summed E-state index contributed by atoms with van der Waals surface area (Å²) in [6, 6.07) is 0. The molecule has 0 saturated heterocycles. The molecule has 2 N–H and O–H groups in total. The summed E-state index contributed by atoms with van der Waals surface area (Å²) in [5.74, 6) is -13.5. The summed E-state index contributed by atoms with van der Waals surface area (Å²) in [5.41, 5.74) is -5.11. The Bertz CT molecular complexity index is 343. The van der Waals surface area contributed by atoms with E-state index in [1.807, 2.05) is 0 Å². The van der Waals surface area contributed by atoms with Gasteiger partial charge in [-0.05, 0) is 0 Å². The Balaban J connectivity index is 5.79. The van der Waals surface area contributed by atoms with Gasteiger partial charge in [-0.1, -0.05) is 0 Å². The number of carboxylic acids is 2. The van der Waals surface area contributed by atoms with Crippen molar-refractivity contribution in [2.45, 2.75) is 11.8 Å². The molecule has 0 heterocycles. The molecular weight excluding hydrogens is 250 g/mol. The second kappa shape index (κ2) is 4.02. The minimum Gasteiger partial charge on any atom is -0.478 e. The first-order chi connectivity index (χ1) is 6.95. The third-order valence-corrected chi connectivity index (χ3v) is 1.33. The molecule has 0 aromatic carbocycles. The van der Waals surface area contributed by atoms with Crippen molar-refractivity contribution in [1.82, 2.24) is 0 Å². The van der Waals surface area contributed by atoms with E-state index in [-0.39, 0.29) is 0 Å². The zero-order valence-corrected chi connectivity index (χ0v) is 6.98. The van der Waals surface area contributed by atoms with Crippen molar-refractivity contribution in [3.63, 3.8) is 0 Å². The number of halogens is 6. The number of alkyl halides is 4. The second-order valence-electron chi connectivity index (χ2n) is 2.39. The third kappa shape index (κ3) is 2.25. The fourth-order valence-corrected chi connectivity index (χ4v) is 0.555. The van der Waals surface area contributed by atoms with Gasteiger partial charge in [0.05, 0.1) is 0 Å². The van der Waals surface area contributed by atoms with Crippen molar-refractivity contribution in [2.75, 3.05) is 0 Å². The minimum atomic E-state index is -6.02. The van der Waals surface area contributed by atoms with Crippen LogP contribution in [0.3, 0.4) is 0 Å². The molecule has 0 amide bonds. The summed E-state index contributed by atoms with van der Waals surface area (Å²) < 4.78 is 72.1. The largest absolute Gasteiger partial charge is 0.478 e. The van der Waals surface area contributed by atoms with E-state index in [1.54, 1.807) is 0 Å². The van der Waals surface area contributed by atoms with Crippen molar-refractivity contribution in [2.24, 2.45) is 0 Å². The highest BCUT2D eigenvalue weighted by atomic mass is 19.4. The molecule has 0 aromatic rings. The molecule has 0 aliphatic rings. The number of allylic oxidation sites excluding steroid dienone is 1.